The van der Waals surface area contributed by atoms with E-state index < -0.39 is 25.0 Å². The second-order valence-electron chi connectivity index (χ2n) is 12.3. The zero-order valence-electron chi connectivity index (χ0n) is 29.0. The highest BCUT2D eigenvalue weighted by molar-refractivity contribution is 7.95. The van der Waals surface area contributed by atoms with Gasteiger partial charge < -0.3 is 10.1 Å². The van der Waals surface area contributed by atoms with Gasteiger partial charge >= 0.3 is 6.09 Å². The van der Waals surface area contributed by atoms with Crippen LogP contribution in [0.15, 0.2) is 146 Å². The molecule has 0 atom stereocenters. The fraction of sp³-hybridized carbons (Fsp3) is 0.116. The monoisotopic (exact) mass is 744 g/mol. The van der Waals surface area contributed by atoms with Gasteiger partial charge in [-0.05, 0) is 97.3 Å². The van der Waals surface area contributed by atoms with Crippen molar-refractivity contribution in [3.8, 4) is 11.1 Å². The summed E-state index contributed by atoms with van der Waals surface area (Å²) < 4.78 is 19.8. The summed E-state index contributed by atoms with van der Waals surface area (Å²) in [5, 5.41) is 9.80. The molecule has 0 unspecified atom stereocenters. The van der Waals surface area contributed by atoms with E-state index in [0.717, 1.165) is 18.6 Å². The lowest BCUT2D eigenvalue weighted by Gasteiger charge is -2.27. The number of amides is 2. The minimum absolute atomic E-state index is 0.0749. The molecule has 2 amide bonds. The Morgan fingerprint density at radius 2 is 1.36 bits per heavy atom. The highest BCUT2D eigenvalue weighted by Crippen LogP contribution is 2.56. The minimum Gasteiger partial charge on any atom is -0.453 e. The average Bonchev–Trinajstić information content (AvgIpc) is 3.19. The molecular formula is C43H37ClFN3O4P+. The van der Waals surface area contributed by atoms with Crippen LogP contribution < -0.4 is 26.5 Å². The van der Waals surface area contributed by atoms with Crippen molar-refractivity contribution < 1.29 is 23.5 Å². The lowest BCUT2D eigenvalue weighted by Crippen LogP contribution is -2.33. The minimum atomic E-state index is -2.05. The van der Waals surface area contributed by atoms with Crippen LogP contribution in [-0.4, -0.2) is 36.0 Å². The van der Waals surface area contributed by atoms with E-state index in [1.165, 1.54) is 47.4 Å². The van der Waals surface area contributed by atoms with Crippen molar-refractivity contribution in [3.63, 3.8) is 0 Å². The second kappa shape index (κ2) is 17.2. The first-order valence-corrected chi connectivity index (χ1v) is 19.4. The number of ether oxygens (including phenoxy) is 1. The van der Waals surface area contributed by atoms with Crippen molar-refractivity contribution in [2.75, 3.05) is 23.9 Å². The Balaban J connectivity index is 1.25. The molecule has 10 heteroatoms. The molecule has 0 aliphatic carbocycles. The summed E-state index contributed by atoms with van der Waals surface area (Å²) >= 11 is 5.94. The van der Waals surface area contributed by atoms with E-state index in [2.05, 4.69) is 88.4 Å². The van der Waals surface area contributed by atoms with Crippen LogP contribution in [0.4, 0.5) is 20.6 Å². The standard InChI is InChI=1S/C43H36ClFN3O4P/c1-52-43(51)47-34-21-22-38(30-25-31(27-33(45)26-30)42(50)39-23-20-32(44)29-46-39)40(28-34)48-41(49)19-11-12-24-53(35-13-5-2-6-14-35,36-15-7-3-8-16-36)37-17-9-4-10-18-37/h2-10,13-18,20-23,25-29H,11-12,19,24H2,1H3,(H-,47,48,49,51)/p+1. The molecule has 7 nitrogen and oxygen atoms in total. The number of ketones is 1. The quantitative estimate of drug-likeness (QED) is 0.0699. The Labute approximate surface area is 313 Å². The Bertz CT molecular complexity index is 2110. The highest BCUT2D eigenvalue weighted by atomic mass is 35.5. The fourth-order valence-corrected chi connectivity index (χ4v) is 10.9. The number of aromatic nitrogens is 1. The number of carbonyl (C=O) groups excluding carboxylic acids is 3. The van der Waals surface area contributed by atoms with Crippen LogP contribution in [0, 0.1) is 5.82 Å². The Morgan fingerprint density at radius 3 is 1.92 bits per heavy atom. The van der Waals surface area contributed by atoms with Crippen molar-refractivity contribution in [2.24, 2.45) is 0 Å². The third kappa shape index (κ3) is 8.86. The van der Waals surface area contributed by atoms with Crippen LogP contribution in [0.3, 0.4) is 0 Å². The van der Waals surface area contributed by atoms with E-state index in [0.29, 0.717) is 33.9 Å². The molecule has 0 spiro atoms. The number of hydrogen-bond donors (Lipinski definition) is 2. The zero-order chi connectivity index (χ0) is 37.2. The predicted molar refractivity (Wildman–Crippen MR) is 213 cm³/mol. The molecule has 6 rings (SSSR count). The van der Waals surface area contributed by atoms with Gasteiger partial charge in [-0.1, -0.05) is 72.3 Å². The number of pyridine rings is 1. The number of nitrogens with zero attached hydrogens (tertiary/aromatic N) is 1. The summed E-state index contributed by atoms with van der Waals surface area (Å²) in [6.07, 6.45) is 3.15. The topological polar surface area (TPSA) is 97.4 Å². The van der Waals surface area contributed by atoms with Gasteiger partial charge in [0, 0.05) is 29.4 Å². The van der Waals surface area contributed by atoms with Gasteiger partial charge in [-0.3, -0.25) is 19.9 Å². The molecule has 53 heavy (non-hydrogen) atoms. The lowest BCUT2D eigenvalue weighted by molar-refractivity contribution is -0.116. The molecule has 0 saturated heterocycles. The second-order valence-corrected chi connectivity index (χ2v) is 16.4. The molecule has 2 N–H and O–H groups in total. The predicted octanol–water partition coefficient (Wildman–Crippen LogP) is 9.05. The fourth-order valence-electron chi connectivity index (χ4n) is 6.41. The van der Waals surface area contributed by atoms with Gasteiger partial charge in [0.2, 0.25) is 11.7 Å². The lowest BCUT2D eigenvalue weighted by atomic mass is 9.98. The van der Waals surface area contributed by atoms with Crippen LogP contribution >= 0.6 is 18.9 Å². The Morgan fingerprint density at radius 1 is 0.736 bits per heavy atom. The Kier molecular flexibility index (Phi) is 12.0. The van der Waals surface area contributed by atoms with Gasteiger partial charge in [-0.25, -0.2) is 9.18 Å². The van der Waals surface area contributed by atoms with E-state index in [-0.39, 0.29) is 23.6 Å². The molecule has 266 valence electrons. The summed E-state index contributed by atoms with van der Waals surface area (Å²) in [7, 11) is -0.804. The van der Waals surface area contributed by atoms with E-state index in [1.807, 2.05) is 18.2 Å². The van der Waals surface area contributed by atoms with Crippen LogP contribution in [0.25, 0.3) is 11.1 Å². The third-order valence-corrected chi connectivity index (χ3v) is 13.6. The first-order chi connectivity index (χ1) is 25.8. The van der Waals surface area contributed by atoms with Gasteiger partial charge in [-0.15, -0.1) is 0 Å². The van der Waals surface area contributed by atoms with Gasteiger partial charge in [0.25, 0.3) is 0 Å². The summed E-state index contributed by atoms with van der Waals surface area (Å²) in [6, 6.07) is 43.6. The van der Waals surface area contributed by atoms with Crippen LogP contribution in [0.1, 0.15) is 35.3 Å². The highest BCUT2D eigenvalue weighted by Gasteiger charge is 2.44. The van der Waals surface area contributed by atoms with Gasteiger partial charge in [0.05, 0.1) is 24.0 Å². The maximum absolute atomic E-state index is 15.1. The van der Waals surface area contributed by atoms with Crippen LogP contribution in [0.2, 0.25) is 5.02 Å². The van der Waals surface area contributed by atoms with Gasteiger partial charge in [0.15, 0.2) is 0 Å². The molecule has 0 saturated carbocycles. The van der Waals surface area contributed by atoms with Crippen molar-refractivity contribution in [2.45, 2.75) is 19.3 Å². The van der Waals surface area contributed by atoms with Crippen molar-refractivity contribution in [1.29, 1.82) is 0 Å². The largest absolute Gasteiger partial charge is 0.453 e. The summed E-state index contributed by atoms with van der Waals surface area (Å²) in [4.78, 5) is 43.0. The number of methoxy groups -OCH3 is 1. The number of hydrogen-bond acceptors (Lipinski definition) is 5. The molecule has 0 bridgehead atoms. The summed E-state index contributed by atoms with van der Waals surface area (Å²) in [6.45, 7) is 0. The van der Waals surface area contributed by atoms with E-state index >= 15 is 4.39 Å². The normalized spacial score (nSPS) is 11.1. The SMILES string of the molecule is COC(=O)Nc1ccc(-c2cc(F)cc(C(=O)c3ccc(Cl)cn3)c2)c(NC(=O)CCCC[P+](c2ccccc2)(c2ccccc2)c2ccccc2)c1. The molecule has 0 aliphatic rings. The molecule has 1 aromatic heterocycles. The molecule has 0 radical (unpaired) electrons. The maximum atomic E-state index is 15.1. The van der Waals surface area contributed by atoms with Crippen molar-refractivity contribution in [1.82, 2.24) is 4.98 Å². The molecule has 0 aliphatic heterocycles. The number of nitrogens with one attached hydrogen (secondary N) is 2. The van der Waals surface area contributed by atoms with Gasteiger partial charge in [0.1, 0.15) is 34.7 Å². The van der Waals surface area contributed by atoms with Crippen molar-refractivity contribution in [3.05, 3.63) is 168 Å². The molecule has 5 aromatic carbocycles. The molecule has 6 aromatic rings. The van der Waals surface area contributed by atoms with Crippen LogP contribution in [0.5, 0.6) is 0 Å². The summed E-state index contributed by atoms with van der Waals surface area (Å²) in [5.41, 5.74) is 1.68. The van der Waals surface area contributed by atoms with E-state index in [1.54, 1.807) is 24.3 Å². The number of rotatable bonds is 13. The van der Waals surface area contributed by atoms with Gasteiger partial charge in [-0.2, -0.15) is 0 Å². The smallest absolute Gasteiger partial charge is 0.411 e. The van der Waals surface area contributed by atoms with Crippen molar-refractivity contribution >= 4 is 63.9 Å². The van der Waals surface area contributed by atoms with E-state index in [4.69, 9.17) is 16.3 Å². The molecule has 1 heterocycles. The summed E-state index contributed by atoms with van der Waals surface area (Å²) in [5.74, 6) is -1.38. The molecular weight excluding hydrogens is 708 g/mol. The number of anilines is 2. The first-order valence-electron chi connectivity index (χ1n) is 17.1. The zero-order valence-corrected chi connectivity index (χ0v) is 30.6. The van der Waals surface area contributed by atoms with Crippen LogP contribution in [-0.2, 0) is 9.53 Å². The first kappa shape index (κ1) is 37.1. The van der Waals surface area contributed by atoms with E-state index in [9.17, 15) is 14.4 Å². The number of halogens is 2. The number of unbranched alkanes of at least 4 members (excludes halogenated alkanes) is 1. The average molecular weight is 745 g/mol. The maximum Gasteiger partial charge on any atom is 0.411 e. The molecule has 0 fully saturated rings. The number of carbonyl (C=O) groups is 3. The third-order valence-electron chi connectivity index (χ3n) is 8.89. The Hall–Kier alpha value is -5.69. The number of benzene rings is 5.